The van der Waals surface area contributed by atoms with Crippen molar-refractivity contribution in [2.75, 3.05) is 13.7 Å². The number of aliphatic hydroxyl groups is 1. The summed E-state index contributed by atoms with van der Waals surface area (Å²) in [6.45, 7) is 3.68. The van der Waals surface area contributed by atoms with Crippen LogP contribution in [0.1, 0.15) is 24.2 Å². The summed E-state index contributed by atoms with van der Waals surface area (Å²) in [7, 11) is 1.51. The Bertz CT molecular complexity index is 394. The first-order chi connectivity index (χ1) is 8.01. The number of aryl methyl sites for hydroxylation is 1. The Labute approximate surface area is 105 Å². The number of halogens is 1. The quantitative estimate of drug-likeness (QED) is 0.842. The highest BCUT2D eigenvalue weighted by Gasteiger charge is 2.20. The molecule has 1 aromatic carbocycles. The van der Waals surface area contributed by atoms with Gasteiger partial charge in [-0.25, -0.2) is 4.79 Å². The van der Waals surface area contributed by atoms with Gasteiger partial charge in [-0.15, -0.1) is 0 Å². The lowest BCUT2D eigenvalue weighted by Crippen LogP contribution is -2.15. The Morgan fingerprint density at radius 1 is 1.53 bits per heavy atom. The summed E-state index contributed by atoms with van der Waals surface area (Å²) in [4.78, 5) is 11.4. The Balaban J connectivity index is 3.04. The molecule has 1 N–H and O–H groups in total. The zero-order valence-electron chi connectivity index (χ0n) is 9.99. The lowest BCUT2D eigenvalue weighted by molar-refractivity contribution is -0.153. The maximum atomic E-state index is 11.4. The minimum Gasteiger partial charge on any atom is -0.495 e. The number of hydrogen-bond acceptors (Lipinski definition) is 4. The van der Waals surface area contributed by atoms with Crippen molar-refractivity contribution in [3.63, 3.8) is 0 Å². The van der Waals surface area contributed by atoms with Gasteiger partial charge in [0.15, 0.2) is 6.10 Å². The van der Waals surface area contributed by atoms with Crippen LogP contribution in [0, 0.1) is 6.92 Å². The second-order valence-electron chi connectivity index (χ2n) is 3.51. The van der Waals surface area contributed by atoms with Crippen LogP contribution in [0.25, 0.3) is 0 Å². The minimum absolute atomic E-state index is 0.221. The molecule has 0 aliphatic rings. The SMILES string of the molecule is CCOC(=O)C(O)c1cc(C)c(OC)c(Cl)c1. The highest BCUT2D eigenvalue weighted by Crippen LogP contribution is 2.31. The maximum absolute atomic E-state index is 11.4. The second-order valence-corrected chi connectivity index (χ2v) is 3.91. The van der Waals surface area contributed by atoms with Gasteiger partial charge < -0.3 is 14.6 Å². The van der Waals surface area contributed by atoms with Gasteiger partial charge in [0.1, 0.15) is 5.75 Å². The summed E-state index contributed by atoms with van der Waals surface area (Å²) in [5.41, 5.74) is 1.14. The highest BCUT2D eigenvalue weighted by atomic mass is 35.5. The molecule has 0 bridgehead atoms. The molecule has 0 spiro atoms. The number of rotatable bonds is 4. The van der Waals surface area contributed by atoms with Gasteiger partial charge in [-0.05, 0) is 37.1 Å². The van der Waals surface area contributed by atoms with Crippen molar-refractivity contribution < 1.29 is 19.4 Å². The van der Waals surface area contributed by atoms with E-state index in [1.165, 1.54) is 13.2 Å². The molecule has 17 heavy (non-hydrogen) atoms. The summed E-state index contributed by atoms with van der Waals surface area (Å²) in [6.07, 6.45) is -1.32. The monoisotopic (exact) mass is 258 g/mol. The van der Waals surface area contributed by atoms with Crippen molar-refractivity contribution in [3.05, 3.63) is 28.3 Å². The van der Waals surface area contributed by atoms with E-state index in [4.69, 9.17) is 21.1 Å². The normalized spacial score (nSPS) is 12.1. The van der Waals surface area contributed by atoms with E-state index >= 15 is 0 Å². The number of benzene rings is 1. The first-order valence-electron chi connectivity index (χ1n) is 5.20. The molecule has 0 fully saturated rings. The molecule has 0 saturated heterocycles. The van der Waals surface area contributed by atoms with Crippen molar-refractivity contribution in [3.8, 4) is 5.75 Å². The molecule has 0 aliphatic heterocycles. The zero-order valence-corrected chi connectivity index (χ0v) is 10.7. The number of hydrogen-bond donors (Lipinski definition) is 1. The third-order valence-electron chi connectivity index (χ3n) is 2.28. The van der Waals surface area contributed by atoms with Crippen molar-refractivity contribution in [2.45, 2.75) is 20.0 Å². The Kier molecular flexibility index (Phi) is 4.78. The zero-order chi connectivity index (χ0) is 13.0. The van der Waals surface area contributed by atoms with Crippen LogP contribution >= 0.6 is 11.6 Å². The van der Waals surface area contributed by atoms with Crippen LogP contribution in [-0.4, -0.2) is 24.8 Å². The number of ether oxygens (including phenoxy) is 2. The van der Waals surface area contributed by atoms with Crippen LogP contribution in [0.3, 0.4) is 0 Å². The van der Waals surface area contributed by atoms with Crippen LogP contribution in [0.2, 0.25) is 5.02 Å². The minimum atomic E-state index is -1.32. The van der Waals surface area contributed by atoms with Crippen molar-refractivity contribution in [1.82, 2.24) is 0 Å². The molecule has 1 unspecified atom stereocenters. The number of carbonyl (C=O) groups is 1. The molecule has 0 aliphatic carbocycles. The molecule has 0 aromatic heterocycles. The summed E-state index contributed by atoms with van der Waals surface area (Å²) >= 11 is 5.97. The van der Waals surface area contributed by atoms with Gasteiger partial charge in [0.2, 0.25) is 0 Å². The smallest absolute Gasteiger partial charge is 0.339 e. The summed E-state index contributed by atoms with van der Waals surface area (Å²) in [5, 5.41) is 10.1. The van der Waals surface area contributed by atoms with E-state index in [9.17, 15) is 9.90 Å². The van der Waals surface area contributed by atoms with Crippen LogP contribution in [0.5, 0.6) is 5.75 Å². The molecular weight excluding hydrogens is 244 g/mol. The van der Waals surface area contributed by atoms with Crippen molar-refractivity contribution in [1.29, 1.82) is 0 Å². The van der Waals surface area contributed by atoms with Gasteiger partial charge in [-0.1, -0.05) is 11.6 Å². The molecule has 4 nitrogen and oxygen atoms in total. The molecule has 0 amide bonds. The van der Waals surface area contributed by atoms with E-state index in [1.54, 1.807) is 19.9 Å². The topological polar surface area (TPSA) is 55.8 Å². The lowest BCUT2D eigenvalue weighted by Gasteiger charge is -2.13. The highest BCUT2D eigenvalue weighted by molar-refractivity contribution is 6.32. The summed E-state index contributed by atoms with van der Waals surface area (Å²) in [6, 6.07) is 3.14. The fourth-order valence-corrected chi connectivity index (χ4v) is 1.88. The number of esters is 1. The molecule has 0 saturated carbocycles. The van der Waals surface area contributed by atoms with E-state index < -0.39 is 12.1 Å². The number of aliphatic hydroxyl groups excluding tert-OH is 1. The van der Waals surface area contributed by atoms with Crippen LogP contribution in [0.4, 0.5) is 0 Å². The molecular formula is C12H15ClO4. The average molecular weight is 259 g/mol. The Morgan fingerprint density at radius 3 is 2.65 bits per heavy atom. The molecule has 1 aromatic rings. The second kappa shape index (κ2) is 5.89. The number of carbonyl (C=O) groups excluding carboxylic acids is 1. The molecule has 0 heterocycles. The fourth-order valence-electron chi connectivity index (χ4n) is 1.53. The molecule has 1 atom stereocenters. The van der Waals surface area contributed by atoms with Crippen LogP contribution < -0.4 is 4.74 Å². The van der Waals surface area contributed by atoms with Gasteiger partial charge in [0.25, 0.3) is 0 Å². The Hall–Kier alpha value is -1.26. The van der Waals surface area contributed by atoms with Gasteiger partial charge in [0, 0.05) is 0 Å². The maximum Gasteiger partial charge on any atom is 0.339 e. The van der Waals surface area contributed by atoms with Gasteiger partial charge in [0.05, 0.1) is 18.7 Å². The summed E-state index contributed by atoms with van der Waals surface area (Å²) in [5.74, 6) is -0.153. The van der Waals surface area contributed by atoms with Gasteiger partial charge >= 0.3 is 5.97 Å². The average Bonchev–Trinajstić information content (AvgIpc) is 2.27. The van der Waals surface area contributed by atoms with Gasteiger partial charge in [-0.3, -0.25) is 0 Å². The van der Waals surface area contributed by atoms with E-state index in [2.05, 4.69) is 0 Å². The first-order valence-corrected chi connectivity index (χ1v) is 5.57. The molecule has 0 radical (unpaired) electrons. The Morgan fingerprint density at radius 2 is 2.18 bits per heavy atom. The lowest BCUT2D eigenvalue weighted by atomic mass is 10.1. The summed E-state index contributed by atoms with van der Waals surface area (Å²) < 4.78 is 9.82. The largest absolute Gasteiger partial charge is 0.495 e. The van der Waals surface area contributed by atoms with E-state index in [0.717, 1.165) is 5.56 Å². The van der Waals surface area contributed by atoms with Crippen molar-refractivity contribution in [2.24, 2.45) is 0 Å². The van der Waals surface area contributed by atoms with Crippen molar-refractivity contribution >= 4 is 17.6 Å². The molecule has 5 heteroatoms. The predicted octanol–water partition coefficient (Wildman–Crippen LogP) is 2.25. The molecule has 94 valence electrons. The third kappa shape index (κ3) is 3.11. The standard InChI is InChI=1S/C12H15ClO4/c1-4-17-12(15)10(14)8-5-7(2)11(16-3)9(13)6-8/h5-6,10,14H,4H2,1-3H3. The van der Waals surface area contributed by atoms with Crippen LogP contribution in [0.15, 0.2) is 12.1 Å². The van der Waals surface area contributed by atoms with Gasteiger partial charge in [-0.2, -0.15) is 0 Å². The first kappa shape index (κ1) is 13.8. The fraction of sp³-hybridized carbons (Fsp3) is 0.417. The number of methoxy groups -OCH3 is 1. The van der Waals surface area contributed by atoms with E-state index in [1.807, 2.05) is 0 Å². The molecule has 1 rings (SSSR count). The predicted molar refractivity (Wildman–Crippen MR) is 64.3 cm³/mol. The third-order valence-corrected chi connectivity index (χ3v) is 2.56. The van der Waals surface area contributed by atoms with Crippen LogP contribution in [-0.2, 0) is 9.53 Å². The van der Waals surface area contributed by atoms with E-state index in [0.29, 0.717) is 16.3 Å². The van der Waals surface area contributed by atoms with E-state index in [-0.39, 0.29) is 6.61 Å².